The average molecular weight is 456 g/mol. The quantitative estimate of drug-likeness (QED) is 0.588. The predicted molar refractivity (Wildman–Crippen MR) is 118 cm³/mol. The summed E-state index contributed by atoms with van der Waals surface area (Å²) in [4.78, 5) is 28.9. The molecule has 0 unspecified atom stereocenters. The molecule has 0 atom stereocenters. The molecule has 0 saturated carbocycles. The lowest BCUT2D eigenvalue weighted by atomic mass is 10.3. The fraction of sp³-hybridized carbons (Fsp3) is 0.429. The Labute approximate surface area is 186 Å². The molecule has 9 heteroatoms. The number of carbonyl (C=O) groups excluding carboxylic acids is 2. The third-order valence-corrected chi connectivity index (χ3v) is 5.16. The number of carbonyl (C=O) groups is 2. The van der Waals surface area contributed by atoms with Crippen LogP contribution in [-0.4, -0.2) is 54.6 Å². The van der Waals surface area contributed by atoms with Crippen molar-refractivity contribution in [2.24, 2.45) is 0 Å². The number of anilines is 1. The predicted octanol–water partition coefficient (Wildman–Crippen LogP) is 4.81. The van der Waals surface area contributed by atoms with E-state index in [2.05, 4.69) is 5.32 Å². The van der Waals surface area contributed by atoms with E-state index in [4.69, 9.17) is 32.4 Å². The van der Waals surface area contributed by atoms with Crippen LogP contribution in [0, 0.1) is 6.92 Å². The van der Waals surface area contributed by atoms with E-state index in [0.29, 0.717) is 41.2 Å². The summed E-state index contributed by atoms with van der Waals surface area (Å²) in [6, 6.07) is 7.88. The minimum Gasteiger partial charge on any atom is -0.464 e. The van der Waals surface area contributed by atoms with Gasteiger partial charge in [-0.15, -0.1) is 0 Å². The van der Waals surface area contributed by atoms with Crippen molar-refractivity contribution in [2.45, 2.75) is 33.4 Å². The van der Waals surface area contributed by atoms with Crippen molar-refractivity contribution in [1.29, 1.82) is 0 Å². The smallest absolute Gasteiger partial charge is 0.322 e. The first-order chi connectivity index (χ1) is 14.2. The monoisotopic (exact) mass is 455 g/mol. The van der Waals surface area contributed by atoms with Gasteiger partial charge in [0.05, 0.1) is 23.2 Å². The van der Waals surface area contributed by atoms with E-state index < -0.39 is 6.03 Å². The molecular weight excluding hydrogens is 429 g/mol. The van der Waals surface area contributed by atoms with Gasteiger partial charge in [0.1, 0.15) is 18.1 Å². The van der Waals surface area contributed by atoms with Crippen molar-refractivity contribution in [2.75, 3.05) is 32.1 Å². The molecule has 164 valence electrons. The van der Waals surface area contributed by atoms with E-state index in [0.717, 1.165) is 5.76 Å². The number of methoxy groups -OCH3 is 1. The van der Waals surface area contributed by atoms with Crippen LogP contribution in [0.5, 0.6) is 0 Å². The fourth-order valence-corrected chi connectivity index (χ4v) is 3.05. The minimum atomic E-state index is -0.405. The number of benzene rings is 1. The molecule has 0 fully saturated rings. The molecule has 0 aliphatic carbocycles. The number of urea groups is 1. The minimum absolute atomic E-state index is 0.0891. The van der Waals surface area contributed by atoms with Gasteiger partial charge in [-0.05, 0) is 51.1 Å². The lowest BCUT2D eigenvalue weighted by Gasteiger charge is -2.29. The highest BCUT2D eigenvalue weighted by atomic mass is 35.5. The van der Waals surface area contributed by atoms with Gasteiger partial charge in [0.15, 0.2) is 0 Å². The summed E-state index contributed by atoms with van der Waals surface area (Å²) in [5.74, 6) is 1.24. The lowest BCUT2D eigenvalue weighted by Crippen LogP contribution is -2.47. The summed E-state index contributed by atoms with van der Waals surface area (Å²) in [5.41, 5.74) is 0.495. The van der Waals surface area contributed by atoms with E-state index >= 15 is 0 Å². The first-order valence-corrected chi connectivity index (χ1v) is 10.3. The van der Waals surface area contributed by atoms with Gasteiger partial charge in [0.2, 0.25) is 5.91 Å². The Bertz CT molecular complexity index is 870. The Kier molecular flexibility index (Phi) is 9.02. The molecule has 0 spiro atoms. The SMILES string of the molecule is COCCN(Cc1ccc(C)o1)C(=O)CN(C(=O)Nc1ccc(Cl)c(Cl)c1)C(C)C. The van der Waals surface area contributed by atoms with Crippen molar-refractivity contribution in [3.63, 3.8) is 0 Å². The molecule has 2 rings (SSSR count). The molecule has 3 amide bonds. The number of nitrogens with zero attached hydrogens (tertiary/aromatic N) is 2. The zero-order valence-electron chi connectivity index (χ0n) is 17.6. The number of amides is 3. The third-order valence-electron chi connectivity index (χ3n) is 4.42. The van der Waals surface area contributed by atoms with Gasteiger partial charge in [-0.25, -0.2) is 4.79 Å². The molecule has 0 saturated heterocycles. The molecule has 0 aliphatic heterocycles. The van der Waals surface area contributed by atoms with Crippen LogP contribution in [0.3, 0.4) is 0 Å². The van der Waals surface area contributed by atoms with Crippen LogP contribution in [0.1, 0.15) is 25.4 Å². The molecule has 2 aromatic rings. The molecule has 0 radical (unpaired) electrons. The standard InChI is InChI=1S/C21H27Cl2N3O4/c1-14(2)26(21(28)24-16-6-8-18(22)19(23)11-16)13-20(27)25(9-10-29-4)12-17-7-5-15(3)30-17/h5-8,11,14H,9-10,12-13H2,1-4H3,(H,24,28). The first-order valence-electron chi connectivity index (χ1n) is 9.56. The second kappa shape index (κ2) is 11.2. The molecule has 0 bridgehead atoms. The average Bonchev–Trinajstić information content (AvgIpc) is 3.10. The van der Waals surface area contributed by atoms with Crippen molar-refractivity contribution in [1.82, 2.24) is 9.80 Å². The van der Waals surface area contributed by atoms with Crippen LogP contribution in [0.15, 0.2) is 34.7 Å². The summed E-state index contributed by atoms with van der Waals surface area (Å²) in [7, 11) is 1.57. The summed E-state index contributed by atoms with van der Waals surface area (Å²) in [6.45, 7) is 6.51. The largest absolute Gasteiger partial charge is 0.464 e. The molecule has 0 aliphatic rings. The molecular formula is C21H27Cl2N3O4. The van der Waals surface area contributed by atoms with Crippen LogP contribution < -0.4 is 5.32 Å². The highest BCUT2D eigenvalue weighted by Gasteiger charge is 2.24. The van der Waals surface area contributed by atoms with Gasteiger partial charge in [-0.1, -0.05) is 23.2 Å². The first kappa shape index (κ1) is 24.1. The second-order valence-corrected chi connectivity index (χ2v) is 7.92. The zero-order valence-corrected chi connectivity index (χ0v) is 19.1. The van der Waals surface area contributed by atoms with Crippen molar-refractivity contribution < 1.29 is 18.7 Å². The normalized spacial score (nSPS) is 10.9. The maximum atomic E-state index is 13.0. The Morgan fingerprint density at radius 3 is 2.47 bits per heavy atom. The Morgan fingerprint density at radius 1 is 1.17 bits per heavy atom. The molecule has 1 heterocycles. The van der Waals surface area contributed by atoms with Crippen LogP contribution >= 0.6 is 23.2 Å². The molecule has 7 nitrogen and oxygen atoms in total. The fourth-order valence-electron chi connectivity index (χ4n) is 2.76. The molecule has 30 heavy (non-hydrogen) atoms. The van der Waals surface area contributed by atoms with Crippen molar-refractivity contribution in [3.8, 4) is 0 Å². The van der Waals surface area contributed by atoms with Gasteiger partial charge in [0, 0.05) is 25.4 Å². The number of hydrogen-bond acceptors (Lipinski definition) is 4. The number of aryl methyl sites for hydroxylation is 1. The Balaban J connectivity index is 2.09. The number of furan rings is 1. The highest BCUT2D eigenvalue weighted by molar-refractivity contribution is 6.42. The number of halogens is 2. The van der Waals surface area contributed by atoms with E-state index in [1.54, 1.807) is 30.2 Å². The Hall–Kier alpha value is -2.22. The topological polar surface area (TPSA) is 75.0 Å². The number of ether oxygens (including phenoxy) is 1. The molecule has 1 aromatic heterocycles. The number of hydrogen-bond donors (Lipinski definition) is 1. The van der Waals surface area contributed by atoms with E-state index in [1.807, 2.05) is 32.9 Å². The number of nitrogens with one attached hydrogen (secondary N) is 1. The molecule has 1 aromatic carbocycles. The van der Waals surface area contributed by atoms with Gasteiger partial charge < -0.3 is 24.3 Å². The zero-order chi connectivity index (χ0) is 22.3. The van der Waals surface area contributed by atoms with Gasteiger partial charge in [0.25, 0.3) is 0 Å². The van der Waals surface area contributed by atoms with Crippen LogP contribution in [0.4, 0.5) is 10.5 Å². The summed E-state index contributed by atoms with van der Waals surface area (Å²) >= 11 is 11.9. The maximum Gasteiger partial charge on any atom is 0.322 e. The van der Waals surface area contributed by atoms with Crippen molar-refractivity contribution in [3.05, 3.63) is 51.9 Å². The van der Waals surface area contributed by atoms with Gasteiger partial charge >= 0.3 is 6.03 Å². The lowest BCUT2D eigenvalue weighted by molar-refractivity contribution is -0.133. The van der Waals surface area contributed by atoms with Gasteiger partial charge in [-0.3, -0.25) is 4.79 Å². The van der Waals surface area contributed by atoms with Gasteiger partial charge in [-0.2, -0.15) is 0 Å². The van der Waals surface area contributed by atoms with Crippen LogP contribution in [0.2, 0.25) is 10.0 Å². The third kappa shape index (κ3) is 6.93. The Morgan fingerprint density at radius 2 is 1.90 bits per heavy atom. The highest BCUT2D eigenvalue weighted by Crippen LogP contribution is 2.25. The number of rotatable bonds is 9. The summed E-state index contributed by atoms with van der Waals surface area (Å²) in [6.07, 6.45) is 0. The second-order valence-electron chi connectivity index (χ2n) is 7.10. The van der Waals surface area contributed by atoms with Crippen molar-refractivity contribution >= 4 is 40.8 Å². The van der Waals surface area contributed by atoms with E-state index in [9.17, 15) is 9.59 Å². The van der Waals surface area contributed by atoms with E-state index in [1.165, 1.54) is 4.90 Å². The maximum absolute atomic E-state index is 13.0. The van der Waals surface area contributed by atoms with Crippen LogP contribution in [-0.2, 0) is 16.1 Å². The van der Waals surface area contributed by atoms with E-state index in [-0.39, 0.29) is 18.5 Å². The van der Waals surface area contributed by atoms with Crippen LogP contribution in [0.25, 0.3) is 0 Å². The molecule has 1 N–H and O–H groups in total. The summed E-state index contributed by atoms with van der Waals surface area (Å²) in [5, 5.41) is 3.49. The summed E-state index contributed by atoms with van der Waals surface area (Å²) < 4.78 is 10.7.